The van der Waals surface area contributed by atoms with Gasteiger partial charge in [-0.3, -0.25) is 9.78 Å². The lowest BCUT2D eigenvalue weighted by molar-refractivity contribution is 0.0854. The Morgan fingerprint density at radius 2 is 2.17 bits per heavy atom. The summed E-state index contributed by atoms with van der Waals surface area (Å²) in [5.41, 5.74) is 1.58. The Morgan fingerprint density at radius 1 is 1.33 bits per heavy atom. The van der Waals surface area contributed by atoms with E-state index in [1.165, 1.54) is 18.3 Å². The molecule has 1 unspecified atom stereocenters. The van der Waals surface area contributed by atoms with Crippen molar-refractivity contribution in [2.24, 2.45) is 0 Å². The second kappa shape index (κ2) is 7.59. The van der Waals surface area contributed by atoms with Crippen LogP contribution in [0.15, 0.2) is 36.5 Å². The molecule has 1 amide bonds. The van der Waals surface area contributed by atoms with E-state index in [0.29, 0.717) is 23.6 Å². The van der Waals surface area contributed by atoms with Crippen LogP contribution in [0.25, 0.3) is 0 Å². The Morgan fingerprint density at radius 3 is 2.92 bits per heavy atom. The highest BCUT2D eigenvalue weighted by atomic mass is 35.5. The predicted octanol–water partition coefficient (Wildman–Crippen LogP) is 3.53. The molecule has 24 heavy (non-hydrogen) atoms. The highest BCUT2D eigenvalue weighted by Crippen LogP contribution is 2.22. The van der Waals surface area contributed by atoms with Gasteiger partial charge in [-0.05, 0) is 43.2 Å². The van der Waals surface area contributed by atoms with Gasteiger partial charge in [0.1, 0.15) is 11.5 Å². The number of ether oxygens (including phenoxy) is 1. The average molecular weight is 350 g/mol. The molecule has 0 bridgehead atoms. The number of nitrogens with zero attached hydrogens (tertiary/aromatic N) is 1. The first kappa shape index (κ1) is 16.7. The van der Waals surface area contributed by atoms with Gasteiger partial charge in [-0.15, -0.1) is 0 Å². The van der Waals surface area contributed by atoms with E-state index in [2.05, 4.69) is 15.6 Å². The number of hydrogen-bond donors (Lipinski definition) is 2. The van der Waals surface area contributed by atoms with Crippen LogP contribution in [0.1, 0.15) is 23.3 Å². The van der Waals surface area contributed by atoms with Crippen LogP contribution in [0.2, 0.25) is 5.02 Å². The molecular weight excluding hydrogens is 333 g/mol. The highest BCUT2D eigenvalue weighted by molar-refractivity contribution is 6.31. The molecule has 3 rings (SSSR count). The molecule has 0 saturated carbocycles. The van der Waals surface area contributed by atoms with Crippen molar-refractivity contribution in [3.8, 4) is 0 Å². The molecular formula is C17H17ClFN3O2. The number of halogens is 2. The maximum Gasteiger partial charge on any atom is 0.270 e. The Kier molecular flexibility index (Phi) is 5.27. The van der Waals surface area contributed by atoms with Gasteiger partial charge in [-0.25, -0.2) is 4.39 Å². The zero-order valence-electron chi connectivity index (χ0n) is 12.9. The quantitative estimate of drug-likeness (QED) is 0.866. The fourth-order valence-corrected chi connectivity index (χ4v) is 2.66. The van der Waals surface area contributed by atoms with E-state index in [9.17, 15) is 9.18 Å². The molecule has 1 aromatic heterocycles. The summed E-state index contributed by atoms with van der Waals surface area (Å²) < 4.78 is 18.7. The number of carbonyl (C=O) groups is 1. The molecule has 7 heteroatoms. The largest absolute Gasteiger partial charge is 0.376 e. The summed E-state index contributed by atoms with van der Waals surface area (Å²) in [6.45, 7) is 1.23. The molecule has 1 aliphatic rings. The molecule has 1 aliphatic heterocycles. The van der Waals surface area contributed by atoms with Gasteiger partial charge < -0.3 is 15.4 Å². The minimum absolute atomic E-state index is 0.0311. The normalized spacial score (nSPS) is 16.8. The fraction of sp³-hybridized carbons (Fsp3) is 0.294. The van der Waals surface area contributed by atoms with Crippen molar-refractivity contribution in [1.29, 1.82) is 0 Å². The van der Waals surface area contributed by atoms with E-state index in [-0.39, 0.29) is 17.0 Å². The summed E-state index contributed by atoms with van der Waals surface area (Å²) in [6, 6.07) is 7.67. The zero-order chi connectivity index (χ0) is 16.9. The number of rotatable bonds is 5. The molecule has 0 radical (unpaired) electrons. The van der Waals surface area contributed by atoms with Crippen LogP contribution in [0.5, 0.6) is 0 Å². The van der Waals surface area contributed by atoms with Gasteiger partial charge in [0.05, 0.1) is 11.1 Å². The Hall–Kier alpha value is -2.18. The Bertz CT molecular complexity index is 736. The Balaban J connectivity index is 1.64. The number of pyridine rings is 1. The molecule has 1 fully saturated rings. The van der Waals surface area contributed by atoms with Crippen LogP contribution in [-0.4, -0.2) is 30.1 Å². The second-order valence-electron chi connectivity index (χ2n) is 5.53. The van der Waals surface area contributed by atoms with E-state index in [1.807, 2.05) is 0 Å². The lowest BCUT2D eigenvalue weighted by Crippen LogP contribution is -2.32. The molecule has 1 atom stereocenters. The van der Waals surface area contributed by atoms with Crippen molar-refractivity contribution in [2.45, 2.75) is 18.9 Å². The molecule has 1 aromatic carbocycles. The van der Waals surface area contributed by atoms with Crippen LogP contribution in [0.4, 0.5) is 15.8 Å². The van der Waals surface area contributed by atoms with Gasteiger partial charge in [0.25, 0.3) is 5.91 Å². The number of benzene rings is 1. The molecule has 5 nitrogen and oxygen atoms in total. The zero-order valence-corrected chi connectivity index (χ0v) is 13.6. The van der Waals surface area contributed by atoms with E-state index >= 15 is 0 Å². The number of hydrogen-bond acceptors (Lipinski definition) is 4. The van der Waals surface area contributed by atoms with E-state index in [1.54, 1.807) is 18.2 Å². The van der Waals surface area contributed by atoms with Gasteiger partial charge in [-0.2, -0.15) is 0 Å². The first-order valence-electron chi connectivity index (χ1n) is 7.70. The summed E-state index contributed by atoms with van der Waals surface area (Å²) >= 11 is 5.76. The van der Waals surface area contributed by atoms with Crippen LogP contribution >= 0.6 is 11.6 Å². The van der Waals surface area contributed by atoms with Crippen molar-refractivity contribution < 1.29 is 13.9 Å². The molecule has 2 N–H and O–H groups in total. The average Bonchev–Trinajstić information content (AvgIpc) is 3.10. The topological polar surface area (TPSA) is 63.2 Å². The summed E-state index contributed by atoms with van der Waals surface area (Å²) in [5.74, 6) is -0.738. The van der Waals surface area contributed by atoms with Gasteiger partial charge in [0.15, 0.2) is 0 Å². The third-order valence-electron chi connectivity index (χ3n) is 3.72. The number of nitrogens with one attached hydrogen (secondary N) is 2. The van der Waals surface area contributed by atoms with Gasteiger partial charge in [0.2, 0.25) is 0 Å². The first-order valence-corrected chi connectivity index (χ1v) is 8.07. The monoisotopic (exact) mass is 349 g/mol. The third-order valence-corrected chi connectivity index (χ3v) is 4.00. The third kappa shape index (κ3) is 4.21. The highest BCUT2D eigenvalue weighted by Gasteiger charge is 2.17. The number of amides is 1. The lowest BCUT2D eigenvalue weighted by atomic mass is 10.2. The van der Waals surface area contributed by atoms with Crippen molar-refractivity contribution >= 4 is 28.9 Å². The van der Waals surface area contributed by atoms with Gasteiger partial charge in [0, 0.05) is 30.7 Å². The van der Waals surface area contributed by atoms with Gasteiger partial charge >= 0.3 is 0 Å². The van der Waals surface area contributed by atoms with Crippen LogP contribution in [0, 0.1) is 5.82 Å². The van der Waals surface area contributed by atoms with E-state index in [4.69, 9.17) is 16.3 Å². The number of carbonyl (C=O) groups excluding carboxylic acids is 1. The number of anilines is 2. The van der Waals surface area contributed by atoms with Crippen molar-refractivity contribution in [3.63, 3.8) is 0 Å². The number of aromatic nitrogens is 1. The minimum atomic E-state index is -0.480. The predicted molar refractivity (Wildman–Crippen MR) is 90.2 cm³/mol. The molecule has 0 spiro atoms. The van der Waals surface area contributed by atoms with Crippen LogP contribution < -0.4 is 10.6 Å². The van der Waals surface area contributed by atoms with Crippen molar-refractivity contribution in [3.05, 3.63) is 53.1 Å². The van der Waals surface area contributed by atoms with Crippen molar-refractivity contribution in [1.82, 2.24) is 10.3 Å². The van der Waals surface area contributed by atoms with E-state index < -0.39 is 5.82 Å². The van der Waals surface area contributed by atoms with Crippen LogP contribution in [-0.2, 0) is 4.74 Å². The maximum absolute atomic E-state index is 13.2. The molecule has 0 aliphatic carbocycles. The maximum atomic E-state index is 13.2. The summed E-state index contributed by atoms with van der Waals surface area (Å²) in [4.78, 5) is 16.3. The fourth-order valence-electron chi connectivity index (χ4n) is 2.48. The molecule has 2 heterocycles. The smallest absolute Gasteiger partial charge is 0.270 e. The molecule has 1 saturated heterocycles. The van der Waals surface area contributed by atoms with Crippen molar-refractivity contribution in [2.75, 3.05) is 18.5 Å². The van der Waals surface area contributed by atoms with Gasteiger partial charge in [-0.1, -0.05) is 11.6 Å². The minimum Gasteiger partial charge on any atom is -0.376 e. The molecule has 126 valence electrons. The Labute approximate surface area is 144 Å². The summed E-state index contributed by atoms with van der Waals surface area (Å²) in [5, 5.41) is 5.92. The van der Waals surface area contributed by atoms with Crippen LogP contribution in [0.3, 0.4) is 0 Å². The standard InChI is InChI=1S/C17H17ClFN3O2/c18-14-8-11(3-4-15(14)19)22-12-5-6-20-16(9-12)17(23)21-10-13-2-1-7-24-13/h3-6,8-9,13H,1-2,7,10H2,(H,20,22)(H,21,23). The SMILES string of the molecule is O=C(NCC1CCCO1)c1cc(Nc2ccc(F)c(Cl)c2)ccn1. The second-order valence-corrected chi connectivity index (χ2v) is 5.94. The van der Waals surface area contributed by atoms with E-state index in [0.717, 1.165) is 19.4 Å². The molecule has 2 aromatic rings. The summed E-state index contributed by atoms with van der Waals surface area (Å²) in [7, 11) is 0. The lowest BCUT2D eigenvalue weighted by Gasteiger charge is -2.11. The summed E-state index contributed by atoms with van der Waals surface area (Å²) in [6.07, 6.45) is 3.60. The first-order chi connectivity index (χ1) is 11.6.